The topological polar surface area (TPSA) is 135 Å². The van der Waals surface area contributed by atoms with Crippen LogP contribution >= 0.6 is 0 Å². The molecule has 9 nitrogen and oxygen atoms in total. The van der Waals surface area contributed by atoms with Crippen LogP contribution in [0, 0.1) is 0 Å². The number of hydrogen-bond donors (Lipinski definition) is 3. The SMILES string of the molecule is CCNC(=O)c1noc(-c2cc(C(C)C)c(O)cc2O)c1-c1noc(C(F)(F)F)n1. The summed E-state index contributed by atoms with van der Waals surface area (Å²) in [5.74, 6) is -4.02. The minimum Gasteiger partial charge on any atom is -0.508 e. The number of carbonyl (C=O) groups is 1. The van der Waals surface area contributed by atoms with Crippen molar-refractivity contribution < 1.29 is 37.2 Å². The first kappa shape index (κ1) is 21.1. The molecule has 0 saturated carbocycles. The highest BCUT2D eigenvalue weighted by Gasteiger charge is 2.40. The predicted molar refractivity (Wildman–Crippen MR) is 95.7 cm³/mol. The summed E-state index contributed by atoms with van der Waals surface area (Å²) in [4.78, 5) is 15.7. The number of phenols is 2. The molecule has 2 aromatic heterocycles. The van der Waals surface area contributed by atoms with Crippen molar-refractivity contribution in [1.29, 1.82) is 0 Å². The van der Waals surface area contributed by atoms with Gasteiger partial charge in [-0.15, -0.1) is 0 Å². The van der Waals surface area contributed by atoms with Crippen LogP contribution in [0.5, 0.6) is 11.5 Å². The summed E-state index contributed by atoms with van der Waals surface area (Å²) in [6, 6.07) is 2.44. The summed E-state index contributed by atoms with van der Waals surface area (Å²) in [6.07, 6.45) is -4.90. The van der Waals surface area contributed by atoms with E-state index < -0.39 is 29.5 Å². The van der Waals surface area contributed by atoms with E-state index in [2.05, 4.69) is 25.1 Å². The highest BCUT2D eigenvalue weighted by molar-refractivity contribution is 6.01. The fraction of sp³-hybridized carbons (Fsp3) is 0.333. The molecule has 0 saturated heterocycles. The van der Waals surface area contributed by atoms with Gasteiger partial charge in [0.05, 0.1) is 5.56 Å². The summed E-state index contributed by atoms with van der Waals surface area (Å²) in [5.41, 5.74) is -0.280. The van der Waals surface area contributed by atoms with Crippen LogP contribution < -0.4 is 5.32 Å². The van der Waals surface area contributed by atoms with Crippen molar-refractivity contribution in [2.75, 3.05) is 6.54 Å². The number of nitrogens with one attached hydrogen (secondary N) is 1. The third kappa shape index (κ3) is 3.80. The van der Waals surface area contributed by atoms with Crippen LogP contribution in [0.3, 0.4) is 0 Å². The average Bonchev–Trinajstić information content (AvgIpc) is 3.28. The van der Waals surface area contributed by atoms with Gasteiger partial charge in [0, 0.05) is 12.6 Å². The van der Waals surface area contributed by atoms with Gasteiger partial charge in [0.15, 0.2) is 11.5 Å². The first-order valence-corrected chi connectivity index (χ1v) is 8.79. The molecular formula is C18H17F3N4O5. The van der Waals surface area contributed by atoms with Crippen LogP contribution in [-0.4, -0.2) is 38.0 Å². The number of amides is 1. The van der Waals surface area contributed by atoms with Gasteiger partial charge in [0.2, 0.25) is 5.82 Å². The van der Waals surface area contributed by atoms with Gasteiger partial charge in [-0.25, -0.2) is 0 Å². The van der Waals surface area contributed by atoms with Crippen LogP contribution in [0.15, 0.2) is 21.2 Å². The molecule has 160 valence electrons. The predicted octanol–water partition coefficient (Wildman–Crippen LogP) is 3.69. The quantitative estimate of drug-likeness (QED) is 0.562. The molecule has 0 aliphatic heterocycles. The first-order chi connectivity index (χ1) is 14.0. The van der Waals surface area contributed by atoms with E-state index in [1.807, 2.05) is 0 Å². The molecule has 0 unspecified atom stereocenters. The molecule has 0 atom stereocenters. The van der Waals surface area contributed by atoms with Crippen molar-refractivity contribution in [3.63, 3.8) is 0 Å². The summed E-state index contributed by atoms with van der Waals surface area (Å²) < 4.78 is 48.2. The van der Waals surface area contributed by atoms with Gasteiger partial charge in [-0.1, -0.05) is 24.2 Å². The van der Waals surface area contributed by atoms with Crippen LogP contribution in [0.2, 0.25) is 0 Å². The Bertz CT molecular complexity index is 1090. The number of phenolic OH excluding ortho intramolecular Hbond substituents is 2. The Kier molecular flexibility index (Phi) is 5.42. The molecule has 0 bridgehead atoms. The summed E-state index contributed by atoms with van der Waals surface area (Å²) in [5, 5.41) is 29.7. The lowest BCUT2D eigenvalue weighted by molar-refractivity contribution is -0.159. The molecule has 0 aliphatic rings. The summed E-state index contributed by atoms with van der Waals surface area (Å²) in [6.45, 7) is 5.41. The highest BCUT2D eigenvalue weighted by atomic mass is 19.4. The van der Waals surface area contributed by atoms with E-state index in [0.29, 0.717) is 5.56 Å². The zero-order valence-corrected chi connectivity index (χ0v) is 16.0. The fourth-order valence-electron chi connectivity index (χ4n) is 2.76. The molecule has 0 aliphatic carbocycles. The molecule has 0 radical (unpaired) electrons. The Morgan fingerprint density at radius 1 is 1.17 bits per heavy atom. The maximum absolute atomic E-state index is 12.9. The van der Waals surface area contributed by atoms with Gasteiger partial charge in [0.1, 0.15) is 17.1 Å². The van der Waals surface area contributed by atoms with Crippen molar-refractivity contribution in [1.82, 2.24) is 20.6 Å². The second kappa shape index (κ2) is 7.69. The van der Waals surface area contributed by atoms with E-state index in [-0.39, 0.29) is 40.8 Å². The van der Waals surface area contributed by atoms with Crippen molar-refractivity contribution in [3.8, 4) is 34.2 Å². The number of benzene rings is 1. The van der Waals surface area contributed by atoms with Crippen LogP contribution in [0.1, 0.15) is 48.6 Å². The second-order valence-corrected chi connectivity index (χ2v) is 6.60. The number of nitrogens with zero attached hydrogens (tertiary/aromatic N) is 3. The van der Waals surface area contributed by atoms with E-state index in [1.165, 1.54) is 6.07 Å². The molecule has 30 heavy (non-hydrogen) atoms. The normalized spacial score (nSPS) is 11.8. The van der Waals surface area contributed by atoms with Gasteiger partial charge < -0.3 is 24.6 Å². The van der Waals surface area contributed by atoms with E-state index in [0.717, 1.165) is 6.07 Å². The molecule has 3 rings (SSSR count). The molecule has 0 spiro atoms. The smallest absolute Gasteiger partial charge is 0.471 e. The van der Waals surface area contributed by atoms with E-state index in [4.69, 9.17) is 4.52 Å². The maximum atomic E-state index is 12.9. The van der Waals surface area contributed by atoms with Crippen LogP contribution in [0.4, 0.5) is 13.2 Å². The summed E-state index contributed by atoms with van der Waals surface area (Å²) in [7, 11) is 0. The lowest BCUT2D eigenvalue weighted by atomic mass is 9.96. The Balaban J connectivity index is 2.26. The van der Waals surface area contributed by atoms with Crippen LogP contribution in [-0.2, 0) is 6.18 Å². The van der Waals surface area contributed by atoms with E-state index >= 15 is 0 Å². The van der Waals surface area contributed by atoms with E-state index in [1.54, 1.807) is 20.8 Å². The molecule has 3 N–H and O–H groups in total. The third-order valence-corrected chi connectivity index (χ3v) is 4.15. The maximum Gasteiger partial charge on any atom is 0.471 e. The number of alkyl halides is 3. The number of aromatic hydroxyl groups is 2. The lowest BCUT2D eigenvalue weighted by Gasteiger charge is -2.11. The van der Waals surface area contributed by atoms with Gasteiger partial charge in [-0.3, -0.25) is 4.79 Å². The Morgan fingerprint density at radius 2 is 1.87 bits per heavy atom. The summed E-state index contributed by atoms with van der Waals surface area (Å²) >= 11 is 0. The first-order valence-electron chi connectivity index (χ1n) is 8.79. The highest BCUT2D eigenvalue weighted by Crippen LogP contribution is 2.42. The van der Waals surface area contributed by atoms with Crippen molar-refractivity contribution >= 4 is 5.91 Å². The van der Waals surface area contributed by atoms with Crippen molar-refractivity contribution in [2.24, 2.45) is 0 Å². The largest absolute Gasteiger partial charge is 0.508 e. The zero-order chi connectivity index (χ0) is 22.2. The Labute approximate surface area is 167 Å². The Morgan fingerprint density at radius 3 is 2.43 bits per heavy atom. The number of rotatable bonds is 5. The van der Waals surface area contributed by atoms with Gasteiger partial charge in [-0.05, 0) is 24.5 Å². The second-order valence-electron chi connectivity index (χ2n) is 6.60. The third-order valence-electron chi connectivity index (χ3n) is 4.15. The molecule has 1 aromatic carbocycles. The van der Waals surface area contributed by atoms with Gasteiger partial charge in [0.25, 0.3) is 5.91 Å². The lowest BCUT2D eigenvalue weighted by Crippen LogP contribution is -2.23. The minimum atomic E-state index is -4.90. The molecular weight excluding hydrogens is 409 g/mol. The minimum absolute atomic E-state index is 0.0205. The average molecular weight is 426 g/mol. The van der Waals surface area contributed by atoms with Gasteiger partial charge >= 0.3 is 12.1 Å². The number of halogens is 3. The van der Waals surface area contributed by atoms with Crippen molar-refractivity contribution in [2.45, 2.75) is 32.9 Å². The monoisotopic (exact) mass is 426 g/mol. The van der Waals surface area contributed by atoms with Gasteiger partial charge in [-0.2, -0.15) is 18.2 Å². The van der Waals surface area contributed by atoms with E-state index in [9.17, 15) is 28.2 Å². The standard InChI is InChI=1S/C18H17F3N4O5/c1-4-22-16(28)13-12(15-23-17(30-25-15)18(19,20)21)14(29-24-13)9-5-8(7(2)3)10(26)6-11(9)27/h5-7,26-27H,4H2,1-3H3,(H,22,28). The number of hydrogen-bond acceptors (Lipinski definition) is 8. The van der Waals surface area contributed by atoms with Crippen LogP contribution in [0.25, 0.3) is 22.7 Å². The number of carbonyl (C=O) groups excluding carboxylic acids is 1. The molecule has 0 fully saturated rings. The zero-order valence-electron chi connectivity index (χ0n) is 16.0. The molecule has 2 heterocycles. The fourth-order valence-corrected chi connectivity index (χ4v) is 2.76. The molecule has 1 amide bonds. The molecule has 12 heteroatoms. The number of aromatic nitrogens is 3. The van der Waals surface area contributed by atoms with Crippen molar-refractivity contribution in [3.05, 3.63) is 29.3 Å². The molecule has 3 aromatic rings. The Hall–Kier alpha value is -3.57.